The van der Waals surface area contributed by atoms with E-state index in [1.54, 1.807) is 36.4 Å². The van der Waals surface area contributed by atoms with Gasteiger partial charge in [0.1, 0.15) is 11.5 Å². The first kappa shape index (κ1) is 22.2. The molecule has 0 aliphatic carbocycles. The molecule has 0 aliphatic rings. The maximum Gasteiger partial charge on any atom is 0.259 e. The molecule has 0 aliphatic heterocycles. The number of methoxy groups -OCH3 is 2. The van der Waals surface area contributed by atoms with Gasteiger partial charge in [-0.1, -0.05) is 54.1 Å². The molecule has 0 fully saturated rings. The fourth-order valence-electron chi connectivity index (χ4n) is 3.46. The van der Waals surface area contributed by atoms with E-state index < -0.39 is 0 Å². The lowest BCUT2D eigenvalue weighted by atomic mass is 10.1. The second kappa shape index (κ2) is 9.63. The van der Waals surface area contributed by atoms with Crippen LogP contribution in [0.4, 0.5) is 11.4 Å². The van der Waals surface area contributed by atoms with Crippen LogP contribution in [0.1, 0.15) is 20.7 Å². The Labute approximate surface area is 196 Å². The predicted octanol–water partition coefficient (Wildman–Crippen LogP) is 6.02. The molecule has 2 N–H and O–H groups in total. The van der Waals surface area contributed by atoms with Crippen LogP contribution in [0.5, 0.6) is 11.5 Å². The van der Waals surface area contributed by atoms with E-state index in [2.05, 4.69) is 10.6 Å². The highest BCUT2D eigenvalue weighted by Gasteiger charge is 2.18. The second-order valence-corrected chi connectivity index (χ2v) is 7.61. The molecule has 0 spiro atoms. The van der Waals surface area contributed by atoms with Crippen molar-refractivity contribution in [3.8, 4) is 11.5 Å². The SMILES string of the molecule is COc1cc(NC(=O)c2ccccc2)c(Cl)cc1NC(=O)c1cc2ccccc2cc1OC. The molecule has 4 aromatic carbocycles. The molecule has 0 saturated carbocycles. The lowest BCUT2D eigenvalue weighted by Gasteiger charge is -2.16. The average molecular weight is 461 g/mol. The molecule has 0 saturated heterocycles. The van der Waals surface area contributed by atoms with Crippen molar-refractivity contribution >= 4 is 45.6 Å². The van der Waals surface area contributed by atoms with E-state index >= 15 is 0 Å². The van der Waals surface area contributed by atoms with Gasteiger partial charge < -0.3 is 20.1 Å². The van der Waals surface area contributed by atoms with E-state index in [1.165, 1.54) is 20.3 Å². The normalized spacial score (nSPS) is 10.5. The van der Waals surface area contributed by atoms with Crippen LogP contribution in [0, 0.1) is 0 Å². The monoisotopic (exact) mass is 460 g/mol. The highest BCUT2D eigenvalue weighted by molar-refractivity contribution is 6.34. The highest BCUT2D eigenvalue weighted by atomic mass is 35.5. The van der Waals surface area contributed by atoms with Gasteiger partial charge in [0.05, 0.1) is 36.2 Å². The molecule has 6 nitrogen and oxygen atoms in total. The van der Waals surface area contributed by atoms with Gasteiger partial charge in [0.15, 0.2) is 0 Å². The zero-order chi connectivity index (χ0) is 23.4. The number of hydrogen-bond acceptors (Lipinski definition) is 4. The molecule has 0 radical (unpaired) electrons. The number of nitrogens with one attached hydrogen (secondary N) is 2. The Morgan fingerprint density at radius 3 is 1.97 bits per heavy atom. The van der Waals surface area contributed by atoms with Crippen LogP contribution < -0.4 is 20.1 Å². The van der Waals surface area contributed by atoms with E-state index in [0.717, 1.165) is 10.8 Å². The molecule has 7 heteroatoms. The molecular weight excluding hydrogens is 440 g/mol. The van der Waals surface area contributed by atoms with Crippen molar-refractivity contribution in [1.82, 2.24) is 0 Å². The maximum absolute atomic E-state index is 13.1. The molecular formula is C26H21ClN2O4. The van der Waals surface area contributed by atoms with Crippen LogP contribution in [-0.4, -0.2) is 26.0 Å². The lowest BCUT2D eigenvalue weighted by Crippen LogP contribution is -2.15. The van der Waals surface area contributed by atoms with Crippen LogP contribution in [0.25, 0.3) is 10.8 Å². The van der Waals surface area contributed by atoms with Gasteiger partial charge in [-0.05, 0) is 41.1 Å². The van der Waals surface area contributed by atoms with Crippen LogP contribution in [0.3, 0.4) is 0 Å². The van der Waals surface area contributed by atoms with Gasteiger partial charge in [-0.2, -0.15) is 0 Å². The fourth-order valence-corrected chi connectivity index (χ4v) is 3.67. The summed E-state index contributed by atoms with van der Waals surface area (Å²) in [6.45, 7) is 0. The summed E-state index contributed by atoms with van der Waals surface area (Å²) in [5, 5.41) is 7.72. The van der Waals surface area contributed by atoms with Crippen LogP contribution in [-0.2, 0) is 0 Å². The van der Waals surface area contributed by atoms with Gasteiger partial charge >= 0.3 is 0 Å². The quantitative estimate of drug-likeness (QED) is 0.369. The summed E-state index contributed by atoms with van der Waals surface area (Å²) in [4.78, 5) is 25.6. The van der Waals surface area contributed by atoms with Gasteiger partial charge in [-0.3, -0.25) is 9.59 Å². The second-order valence-electron chi connectivity index (χ2n) is 7.21. The first-order chi connectivity index (χ1) is 16.0. The third-order valence-corrected chi connectivity index (χ3v) is 5.45. The van der Waals surface area contributed by atoms with Crippen molar-refractivity contribution in [3.05, 3.63) is 95.0 Å². The zero-order valence-electron chi connectivity index (χ0n) is 18.0. The van der Waals surface area contributed by atoms with Gasteiger partial charge in [0.2, 0.25) is 0 Å². The number of halogens is 1. The Kier molecular flexibility index (Phi) is 6.47. The first-order valence-corrected chi connectivity index (χ1v) is 10.5. The van der Waals surface area contributed by atoms with Gasteiger partial charge in [-0.25, -0.2) is 0 Å². The lowest BCUT2D eigenvalue weighted by molar-refractivity contribution is 0.101. The Bertz CT molecular complexity index is 1340. The molecule has 4 rings (SSSR count). The largest absolute Gasteiger partial charge is 0.496 e. The van der Waals surface area contributed by atoms with Gasteiger partial charge in [0, 0.05) is 11.6 Å². The van der Waals surface area contributed by atoms with Crippen molar-refractivity contribution in [2.45, 2.75) is 0 Å². The van der Waals surface area contributed by atoms with Gasteiger partial charge in [-0.15, -0.1) is 0 Å². The molecule has 33 heavy (non-hydrogen) atoms. The molecule has 166 valence electrons. The zero-order valence-corrected chi connectivity index (χ0v) is 18.8. The van der Waals surface area contributed by atoms with Crippen LogP contribution in [0.15, 0.2) is 78.9 Å². The number of fused-ring (bicyclic) bond motifs is 1. The van der Waals surface area contributed by atoms with E-state index in [-0.39, 0.29) is 16.8 Å². The summed E-state index contributed by atoms with van der Waals surface area (Å²) in [6, 6.07) is 23.2. The number of rotatable bonds is 6. The minimum absolute atomic E-state index is 0.251. The number of benzene rings is 4. The summed E-state index contributed by atoms with van der Waals surface area (Å²) in [5.74, 6) is 0.101. The molecule has 0 bridgehead atoms. The maximum atomic E-state index is 13.1. The van der Waals surface area contributed by atoms with Crippen LogP contribution >= 0.6 is 11.6 Å². The Morgan fingerprint density at radius 1 is 0.697 bits per heavy atom. The van der Waals surface area contributed by atoms with Crippen molar-refractivity contribution < 1.29 is 19.1 Å². The van der Waals surface area contributed by atoms with E-state index in [4.69, 9.17) is 21.1 Å². The summed E-state index contributed by atoms with van der Waals surface area (Å²) in [6.07, 6.45) is 0. The van der Waals surface area contributed by atoms with E-state index in [1.807, 2.05) is 36.4 Å². The smallest absolute Gasteiger partial charge is 0.259 e. The first-order valence-electron chi connectivity index (χ1n) is 10.1. The third kappa shape index (κ3) is 4.76. The summed E-state index contributed by atoms with van der Waals surface area (Å²) < 4.78 is 10.9. The average Bonchev–Trinajstić information content (AvgIpc) is 2.85. The van der Waals surface area contributed by atoms with Gasteiger partial charge in [0.25, 0.3) is 11.8 Å². The predicted molar refractivity (Wildman–Crippen MR) is 131 cm³/mol. The molecule has 0 aromatic heterocycles. The Morgan fingerprint density at radius 2 is 1.30 bits per heavy atom. The van der Waals surface area contributed by atoms with Crippen molar-refractivity contribution in [1.29, 1.82) is 0 Å². The summed E-state index contributed by atoms with van der Waals surface area (Å²) >= 11 is 6.41. The highest BCUT2D eigenvalue weighted by Crippen LogP contribution is 2.36. The molecule has 0 atom stereocenters. The van der Waals surface area contributed by atoms with Crippen molar-refractivity contribution in [2.75, 3.05) is 24.9 Å². The number of anilines is 2. The number of carbonyl (C=O) groups is 2. The topological polar surface area (TPSA) is 76.7 Å². The molecule has 4 aromatic rings. The van der Waals surface area contributed by atoms with E-state index in [0.29, 0.717) is 34.0 Å². The molecule has 0 heterocycles. The minimum atomic E-state index is -0.381. The summed E-state index contributed by atoms with van der Waals surface area (Å²) in [5.41, 5.74) is 1.59. The Hall–Kier alpha value is -4.03. The van der Waals surface area contributed by atoms with Crippen molar-refractivity contribution in [2.24, 2.45) is 0 Å². The van der Waals surface area contributed by atoms with Crippen molar-refractivity contribution in [3.63, 3.8) is 0 Å². The molecule has 2 amide bonds. The number of amides is 2. The summed E-state index contributed by atoms with van der Waals surface area (Å²) in [7, 11) is 2.99. The fraction of sp³-hybridized carbons (Fsp3) is 0.0769. The molecule has 0 unspecified atom stereocenters. The minimum Gasteiger partial charge on any atom is -0.496 e. The van der Waals surface area contributed by atoms with Crippen LogP contribution in [0.2, 0.25) is 5.02 Å². The Balaban J connectivity index is 1.62. The standard InChI is InChI=1S/C26H21ClN2O4/c1-32-23-13-18-11-7-6-10-17(18)12-19(23)26(31)29-22-14-20(27)21(15-24(22)33-2)28-25(30)16-8-4-3-5-9-16/h3-15H,1-2H3,(H,28,30)(H,29,31). The number of ether oxygens (including phenoxy) is 2. The number of hydrogen-bond donors (Lipinski definition) is 2. The third-order valence-electron chi connectivity index (χ3n) is 5.13. The number of carbonyl (C=O) groups excluding carboxylic acids is 2. The van der Waals surface area contributed by atoms with E-state index in [9.17, 15) is 9.59 Å².